The van der Waals surface area contributed by atoms with Crippen LogP contribution in [0.4, 0.5) is 30.7 Å². The summed E-state index contributed by atoms with van der Waals surface area (Å²) in [7, 11) is 0. The smallest absolute Gasteiger partial charge is 0.475 e. The number of hydrogen-bond acceptors (Lipinski definition) is 4. The van der Waals surface area contributed by atoms with Crippen LogP contribution in [0.3, 0.4) is 0 Å². The lowest BCUT2D eigenvalue weighted by Crippen LogP contribution is -2.21. The summed E-state index contributed by atoms with van der Waals surface area (Å²) in [5.74, 6) is -6.68. The van der Waals surface area contributed by atoms with Crippen LogP contribution in [0.2, 0.25) is 0 Å². The van der Waals surface area contributed by atoms with Crippen LogP contribution in [0.5, 0.6) is 0 Å². The maximum Gasteiger partial charge on any atom is 0.490 e. The monoisotopic (exact) mass is 381 g/mol. The highest BCUT2D eigenvalue weighted by Gasteiger charge is 2.38. The van der Waals surface area contributed by atoms with Crippen molar-refractivity contribution in [3.63, 3.8) is 0 Å². The summed E-state index contributed by atoms with van der Waals surface area (Å²) >= 11 is 0. The van der Waals surface area contributed by atoms with Gasteiger partial charge in [0.2, 0.25) is 0 Å². The molecule has 0 radical (unpaired) electrons. The number of oxazole rings is 1. The molecule has 25 heavy (non-hydrogen) atoms. The van der Waals surface area contributed by atoms with Crippen molar-refractivity contribution in [3.8, 4) is 0 Å². The number of aromatic amines is 1. The first-order valence-electron chi connectivity index (χ1n) is 5.53. The standard InChI is InChI=1S/C7H4FNO2.2C2HF3O2/c8-4-2-1-3-5-6(4)11-7(10)9-5;2*3-2(4,5)1(6)7/h1-3H,(H,9,10);2*(H,6,7). The van der Waals surface area contributed by atoms with Crippen LogP contribution in [0.25, 0.3) is 11.1 Å². The second-order valence-electron chi connectivity index (χ2n) is 3.74. The molecule has 0 unspecified atom stereocenters. The Kier molecular flexibility index (Phi) is 7.16. The van der Waals surface area contributed by atoms with Gasteiger partial charge >= 0.3 is 30.0 Å². The maximum absolute atomic E-state index is 12.7. The van der Waals surface area contributed by atoms with E-state index >= 15 is 0 Å². The molecule has 2 aromatic rings. The second kappa shape index (κ2) is 8.16. The number of para-hydroxylation sites is 1. The molecule has 0 aliphatic carbocycles. The van der Waals surface area contributed by atoms with Gasteiger partial charge in [-0.1, -0.05) is 6.07 Å². The van der Waals surface area contributed by atoms with Crippen molar-refractivity contribution in [1.29, 1.82) is 0 Å². The fourth-order valence-electron chi connectivity index (χ4n) is 0.939. The van der Waals surface area contributed by atoms with Crippen molar-refractivity contribution in [2.75, 3.05) is 0 Å². The van der Waals surface area contributed by atoms with E-state index in [1.54, 1.807) is 6.07 Å². The highest BCUT2D eigenvalue weighted by molar-refractivity contribution is 5.73. The van der Waals surface area contributed by atoms with Gasteiger partial charge in [-0.2, -0.15) is 26.3 Å². The lowest BCUT2D eigenvalue weighted by molar-refractivity contribution is -0.193. The molecule has 0 fully saturated rings. The molecule has 7 nitrogen and oxygen atoms in total. The molecule has 0 amide bonds. The van der Waals surface area contributed by atoms with E-state index in [0.717, 1.165) is 0 Å². The van der Waals surface area contributed by atoms with Gasteiger partial charge in [0.1, 0.15) is 0 Å². The van der Waals surface area contributed by atoms with Crippen LogP contribution in [-0.2, 0) is 9.59 Å². The van der Waals surface area contributed by atoms with E-state index in [-0.39, 0.29) is 5.58 Å². The van der Waals surface area contributed by atoms with Crippen LogP contribution in [0, 0.1) is 5.82 Å². The lowest BCUT2D eigenvalue weighted by atomic mass is 10.3. The number of H-pyrrole nitrogens is 1. The van der Waals surface area contributed by atoms with Gasteiger partial charge in [-0.15, -0.1) is 0 Å². The molecule has 1 aromatic carbocycles. The Hall–Kier alpha value is -3.06. The van der Waals surface area contributed by atoms with Crippen LogP contribution < -0.4 is 5.76 Å². The molecule has 0 bridgehead atoms. The summed E-state index contributed by atoms with van der Waals surface area (Å²) < 4.78 is 80.7. The number of aliphatic carboxylic acids is 2. The van der Waals surface area contributed by atoms with E-state index in [0.29, 0.717) is 5.52 Å². The molecule has 2 rings (SSSR count). The fraction of sp³-hybridized carbons (Fsp3) is 0.182. The predicted octanol–water partition coefficient (Wildman–Crippen LogP) is 2.53. The highest BCUT2D eigenvalue weighted by atomic mass is 19.4. The van der Waals surface area contributed by atoms with Crippen molar-refractivity contribution >= 4 is 23.0 Å². The van der Waals surface area contributed by atoms with E-state index in [2.05, 4.69) is 9.40 Å². The topological polar surface area (TPSA) is 121 Å². The molecule has 0 aliphatic rings. The van der Waals surface area contributed by atoms with Crippen molar-refractivity contribution in [2.24, 2.45) is 0 Å². The summed E-state index contributed by atoms with van der Waals surface area (Å²) in [6.07, 6.45) is -10.2. The SMILES string of the molecule is O=C(O)C(F)(F)F.O=C(O)C(F)(F)F.O=c1[nH]c2cccc(F)c2o1. The molecule has 0 saturated heterocycles. The third-order valence-corrected chi connectivity index (χ3v) is 1.88. The summed E-state index contributed by atoms with van der Waals surface area (Å²) in [5, 5.41) is 14.2. The molecule has 14 heteroatoms. The number of fused-ring (bicyclic) bond motifs is 1. The number of benzene rings is 1. The van der Waals surface area contributed by atoms with Gasteiger partial charge < -0.3 is 14.6 Å². The second-order valence-corrected chi connectivity index (χ2v) is 3.74. The average Bonchev–Trinajstić information content (AvgIpc) is 2.80. The van der Waals surface area contributed by atoms with E-state index in [4.69, 9.17) is 19.8 Å². The fourth-order valence-corrected chi connectivity index (χ4v) is 0.939. The largest absolute Gasteiger partial charge is 0.490 e. The maximum atomic E-state index is 12.7. The Morgan fingerprint density at radius 2 is 1.36 bits per heavy atom. The van der Waals surface area contributed by atoms with Crippen molar-refractivity contribution in [1.82, 2.24) is 4.98 Å². The van der Waals surface area contributed by atoms with E-state index in [9.17, 15) is 35.5 Å². The first kappa shape index (κ1) is 21.9. The van der Waals surface area contributed by atoms with Gasteiger partial charge in [-0.3, -0.25) is 4.98 Å². The third-order valence-electron chi connectivity index (χ3n) is 1.88. The van der Waals surface area contributed by atoms with Crippen LogP contribution in [0.1, 0.15) is 0 Å². The minimum Gasteiger partial charge on any atom is -0.475 e. The van der Waals surface area contributed by atoms with Crippen molar-refractivity contribution in [3.05, 3.63) is 34.6 Å². The van der Waals surface area contributed by atoms with Gasteiger partial charge in [0.15, 0.2) is 11.4 Å². The van der Waals surface area contributed by atoms with Gasteiger partial charge in [0.25, 0.3) is 0 Å². The van der Waals surface area contributed by atoms with Gasteiger partial charge in [0, 0.05) is 0 Å². The molecule has 0 aliphatic heterocycles. The summed E-state index contributed by atoms with van der Waals surface area (Å²) in [5.41, 5.74) is 0.368. The summed E-state index contributed by atoms with van der Waals surface area (Å²) in [6, 6.07) is 4.31. The number of carboxylic acids is 2. The number of halogens is 7. The molecule has 0 spiro atoms. The zero-order valence-corrected chi connectivity index (χ0v) is 11.4. The van der Waals surface area contributed by atoms with Gasteiger partial charge in [0.05, 0.1) is 5.52 Å². The minimum absolute atomic E-state index is 0.0162. The normalized spacial score (nSPS) is 11.0. The Labute approximate surface area is 131 Å². The zero-order chi connectivity index (χ0) is 20.0. The summed E-state index contributed by atoms with van der Waals surface area (Å²) in [6.45, 7) is 0. The Morgan fingerprint density at radius 1 is 0.960 bits per heavy atom. The number of alkyl halides is 6. The quantitative estimate of drug-likeness (QED) is 0.603. The Morgan fingerprint density at radius 3 is 1.68 bits per heavy atom. The first-order chi connectivity index (χ1) is 11.2. The molecular weight excluding hydrogens is 375 g/mol. The zero-order valence-electron chi connectivity index (χ0n) is 11.4. The predicted molar refractivity (Wildman–Crippen MR) is 64.2 cm³/mol. The lowest BCUT2D eigenvalue weighted by Gasteiger charge is -1.93. The Balaban J connectivity index is 0.000000366. The van der Waals surface area contributed by atoms with E-state index in [1.807, 2.05) is 0 Å². The number of carbonyl (C=O) groups is 2. The van der Waals surface area contributed by atoms with E-state index in [1.165, 1.54) is 12.1 Å². The molecule has 140 valence electrons. The first-order valence-corrected chi connectivity index (χ1v) is 5.53. The molecule has 1 aromatic heterocycles. The van der Waals surface area contributed by atoms with Gasteiger partial charge in [-0.05, 0) is 12.1 Å². The van der Waals surface area contributed by atoms with Crippen molar-refractivity contribution in [2.45, 2.75) is 12.4 Å². The van der Waals surface area contributed by atoms with Crippen molar-refractivity contribution < 1.29 is 55.0 Å². The number of hydrogen-bond donors (Lipinski definition) is 3. The van der Waals surface area contributed by atoms with Crippen LogP contribution in [0.15, 0.2) is 27.4 Å². The van der Waals surface area contributed by atoms with Crippen LogP contribution in [-0.4, -0.2) is 39.5 Å². The molecule has 0 atom stereocenters. The molecule has 3 N–H and O–H groups in total. The third kappa shape index (κ3) is 7.85. The number of rotatable bonds is 0. The highest BCUT2D eigenvalue weighted by Crippen LogP contribution is 2.14. The number of carboxylic acid groups (broad SMARTS) is 2. The Bertz CT molecular complexity index is 765. The van der Waals surface area contributed by atoms with E-state index < -0.39 is 35.9 Å². The van der Waals surface area contributed by atoms with Crippen LogP contribution >= 0.6 is 0 Å². The minimum atomic E-state index is -5.08. The average molecular weight is 381 g/mol. The number of aromatic nitrogens is 1. The molecular formula is C11H6F7NO6. The summed E-state index contributed by atoms with van der Waals surface area (Å²) in [4.78, 5) is 30.7. The molecule has 1 heterocycles. The number of nitrogens with one attached hydrogen (secondary N) is 1. The van der Waals surface area contributed by atoms with Gasteiger partial charge in [-0.25, -0.2) is 18.8 Å². The molecule has 0 saturated carbocycles.